The van der Waals surface area contributed by atoms with E-state index in [0.29, 0.717) is 0 Å². The molecular formula is C10H9F2NO2. The van der Waals surface area contributed by atoms with Crippen molar-refractivity contribution in [2.24, 2.45) is 0 Å². The van der Waals surface area contributed by atoms with Crippen LogP contribution < -0.4 is 5.73 Å². The number of halogens is 2. The molecule has 0 aliphatic carbocycles. The van der Waals surface area contributed by atoms with Crippen LogP contribution >= 0.6 is 0 Å². The third-order valence-electron chi connectivity index (χ3n) is 1.70. The summed E-state index contributed by atoms with van der Waals surface area (Å²) in [6.07, 6.45) is 2.42. The average molecular weight is 213 g/mol. The Balaban J connectivity index is 2.87. The van der Waals surface area contributed by atoms with Crippen LogP contribution in [-0.2, 0) is 4.79 Å². The van der Waals surface area contributed by atoms with Gasteiger partial charge in [0.05, 0.1) is 6.42 Å². The molecule has 0 atom stereocenters. The van der Waals surface area contributed by atoms with Gasteiger partial charge in [-0.05, 0) is 17.7 Å². The Morgan fingerprint density at radius 2 is 1.93 bits per heavy atom. The molecule has 0 aliphatic rings. The largest absolute Gasteiger partial charge is 0.481 e. The molecule has 5 heteroatoms. The van der Waals surface area contributed by atoms with Crippen molar-refractivity contribution in [1.82, 2.24) is 0 Å². The van der Waals surface area contributed by atoms with Crippen LogP contribution in [0.25, 0.3) is 6.08 Å². The monoisotopic (exact) mass is 213 g/mol. The number of hydrogen-bond acceptors (Lipinski definition) is 2. The van der Waals surface area contributed by atoms with E-state index < -0.39 is 23.3 Å². The molecule has 0 amide bonds. The van der Waals surface area contributed by atoms with Gasteiger partial charge >= 0.3 is 5.97 Å². The lowest BCUT2D eigenvalue weighted by Crippen LogP contribution is -1.96. The summed E-state index contributed by atoms with van der Waals surface area (Å²) in [4.78, 5) is 10.2. The maximum atomic E-state index is 12.9. The zero-order valence-electron chi connectivity index (χ0n) is 7.71. The van der Waals surface area contributed by atoms with Gasteiger partial charge in [-0.3, -0.25) is 4.79 Å². The SMILES string of the molecule is Nc1c(F)cc(C=CCC(=O)O)cc1F. The normalized spacial score (nSPS) is 10.8. The number of nitrogen functional groups attached to an aromatic ring is 1. The van der Waals surface area contributed by atoms with Crippen molar-refractivity contribution in [3.05, 3.63) is 35.4 Å². The Morgan fingerprint density at radius 1 is 1.40 bits per heavy atom. The smallest absolute Gasteiger partial charge is 0.307 e. The summed E-state index contributed by atoms with van der Waals surface area (Å²) in [6, 6.07) is 2.08. The molecule has 0 saturated carbocycles. The lowest BCUT2D eigenvalue weighted by Gasteiger charge is -2.00. The first kappa shape index (κ1) is 11.2. The highest BCUT2D eigenvalue weighted by molar-refractivity contribution is 5.70. The molecule has 0 saturated heterocycles. The van der Waals surface area contributed by atoms with Gasteiger partial charge in [-0.15, -0.1) is 0 Å². The number of rotatable bonds is 3. The van der Waals surface area contributed by atoms with E-state index in [1.54, 1.807) is 0 Å². The summed E-state index contributed by atoms with van der Waals surface area (Å²) < 4.78 is 25.8. The second kappa shape index (κ2) is 4.54. The summed E-state index contributed by atoms with van der Waals surface area (Å²) >= 11 is 0. The molecule has 1 rings (SSSR count). The Labute approximate surface area is 84.8 Å². The molecule has 0 aromatic heterocycles. The minimum Gasteiger partial charge on any atom is -0.481 e. The van der Waals surface area contributed by atoms with Crippen LogP contribution in [0.15, 0.2) is 18.2 Å². The first-order valence-electron chi connectivity index (χ1n) is 4.13. The average Bonchev–Trinajstić information content (AvgIpc) is 2.13. The number of nitrogens with two attached hydrogens (primary N) is 1. The molecule has 0 aliphatic heterocycles. The predicted molar refractivity (Wildman–Crippen MR) is 52.1 cm³/mol. The van der Waals surface area contributed by atoms with Gasteiger partial charge < -0.3 is 10.8 Å². The lowest BCUT2D eigenvalue weighted by atomic mass is 10.1. The van der Waals surface area contributed by atoms with Crippen molar-refractivity contribution in [3.63, 3.8) is 0 Å². The van der Waals surface area contributed by atoms with Gasteiger partial charge in [-0.25, -0.2) is 8.78 Å². The number of carbonyl (C=O) groups is 1. The number of carboxylic acids is 1. The van der Waals surface area contributed by atoms with Crippen LogP contribution in [0.3, 0.4) is 0 Å². The maximum absolute atomic E-state index is 12.9. The molecule has 0 radical (unpaired) electrons. The molecule has 3 N–H and O–H groups in total. The molecule has 0 unspecified atom stereocenters. The quantitative estimate of drug-likeness (QED) is 0.755. The van der Waals surface area contributed by atoms with E-state index in [4.69, 9.17) is 10.8 Å². The second-order valence-electron chi connectivity index (χ2n) is 2.90. The standard InChI is InChI=1S/C10H9F2NO2/c11-7-4-6(2-1-3-9(14)15)5-8(12)10(7)13/h1-2,4-5H,3,13H2,(H,14,15). The third kappa shape index (κ3) is 3.05. The van der Waals surface area contributed by atoms with Crippen LogP contribution in [0.2, 0.25) is 0 Å². The molecule has 0 bridgehead atoms. The van der Waals surface area contributed by atoms with Crippen molar-refractivity contribution in [2.45, 2.75) is 6.42 Å². The Kier molecular flexibility index (Phi) is 3.38. The first-order chi connectivity index (χ1) is 7.00. The van der Waals surface area contributed by atoms with Crippen molar-refractivity contribution < 1.29 is 18.7 Å². The molecule has 3 nitrogen and oxygen atoms in total. The molecule has 0 fully saturated rings. The van der Waals surface area contributed by atoms with Crippen LogP contribution in [0.4, 0.5) is 14.5 Å². The van der Waals surface area contributed by atoms with Gasteiger partial charge in [0, 0.05) is 0 Å². The van der Waals surface area contributed by atoms with E-state index in [1.165, 1.54) is 12.2 Å². The van der Waals surface area contributed by atoms with Gasteiger partial charge in [0.1, 0.15) is 17.3 Å². The van der Waals surface area contributed by atoms with Crippen molar-refractivity contribution in [1.29, 1.82) is 0 Å². The topological polar surface area (TPSA) is 63.3 Å². The van der Waals surface area contributed by atoms with Crippen molar-refractivity contribution in [2.75, 3.05) is 5.73 Å². The fraction of sp³-hybridized carbons (Fsp3) is 0.100. The van der Waals surface area contributed by atoms with Crippen LogP contribution in [-0.4, -0.2) is 11.1 Å². The maximum Gasteiger partial charge on any atom is 0.307 e. The van der Waals surface area contributed by atoms with Crippen LogP contribution in [0.5, 0.6) is 0 Å². The summed E-state index contributed by atoms with van der Waals surface area (Å²) in [5.41, 5.74) is 4.76. The number of hydrogen-bond donors (Lipinski definition) is 2. The van der Waals surface area contributed by atoms with E-state index in [-0.39, 0.29) is 12.0 Å². The van der Waals surface area contributed by atoms with E-state index in [2.05, 4.69) is 0 Å². The zero-order valence-corrected chi connectivity index (χ0v) is 7.71. The number of benzene rings is 1. The summed E-state index contributed by atoms with van der Waals surface area (Å²) in [7, 11) is 0. The van der Waals surface area contributed by atoms with E-state index in [0.717, 1.165) is 12.1 Å². The van der Waals surface area contributed by atoms with Crippen LogP contribution in [0, 0.1) is 11.6 Å². The van der Waals surface area contributed by atoms with Gasteiger partial charge in [0.15, 0.2) is 0 Å². The molecule has 0 heterocycles. The second-order valence-corrected chi connectivity index (χ2v) is 2.90. The Morgan fingerprint density at radius 3 is 2.40 bits per heavy atom. The fourth-order valence-electron chi connectivity index (χ4n) is 0.996. The van der Waals surface area contributed by atoms with E-state index in [1.807, 2.05) is 0 Å². The molecule has 1 aromatic carbocycles. The summed E-state index contributed by atoms with van der Waals surface area (Å²) in [5.74, 6) is -2.72. The van der Waals surface area contributed by atoms with E-state index in [9.17, 15) is 13.6 Å². The lowest BCUT2D eigenvalue weighted by molar-refractivity contribution is -0.135. The van der Waals surface area contributed by atoms with Gasteiger partial charge in [0.25, 0.3) is 0 Å². The zero-order chi connectivity index (χ0) is 11.4. The Hall–Kier alpha value is -1.91. The van der Waals surface area contributed by atoms with Crippen molar-refractivity contribution in [3.8, 4) is 0 Å². The third-order valence-corrected chi connectivity index (χ3v) is 1.70. The van der Waals surface area contributed by atoms with Gasteiger partial charge in [-0.2, -0.15) is 0 Å². The summed E-state index contributed by atoms with van der Waals surface area (Å²) in [6.45, 7) is 0. The molecule has 80 valence electrons. The molecular weight excluding hydrogens is 204 g/mol. The number of aliphatic carboxylic acids is 1. The van der Waals surface area contributed by atoms with Crippen LogP contribution in [0.1, 0.15) is 12.0 Å². The first-order valence-corrected chi connectivity index (χ1v) is 4.13. The molecule has 0 spiro atoms. The number of carboxylic acid groups (broad SMARTS) is 1. The minimum atomic E-state index is -1.01. The highest BCUT2D eigenvalue weighted by Crippen LogP contribution is 2.18. The highest BCUT2D eigenvalue weighted by atomic mass is 19.1. The van der Waals surface area contributed by atoms with Crippen molar-refractivity contribution >= 4 is 17.7 Å². The van der Waals surface area contributed by atoms with Gasteiger partial charge in [-0.1, -0.05) is 12.2 Å². The fourth-order valence-corrected chi connectivity index (χ4v) is 0.996. The van der Waals surface area contributed by atoms with E-state index >= 15 is 0 Å². The molecule has 1 aromatic rings. The molecule has 15 heavy (non-hydrogen) atoms. The number of anilines is 1. The van der Waals surface area contributed by atoms with Gasteiger partial charge in [0.2, 0.25) is 0 Å². The minimum absolute atomic E-state index is 0.201. The highest BCUT2D eigenvalue weighted by Gasteiger charge is 2.05. The summed E-state index contributed by atoms with van der Waals surface area (Å²) in [5, 5.41) is 8.33. The Bertz CT molecular complexity index is 393. The predicted octanol–water partition coefficient (Wildman–Crippen LogP) is 2.03.